The number of hydrogen-bond donors (Lipinski definition) is 1. The molecule has 0 amide bonds. The first-order valence-corrected chi connectivity index (χ1v) is 5.16. The van der Waals surface area contributed by atoms with Gasteiger partial charge in [0.1, 0.15) is 0 Å². The second-order valence-corrected chi connectivity index (χ2v) is 3.54. The second-order valence-electron chi connectivity index (χ2n) is 3.54. The number of anilines is 2. The average molecular weight is 218 g/mol. The maximum atomic E-state index is 8.69. The van der Waals surface area contributed by atoms with Crippen LogP contribution in [0.15, 0.2) is 48.5 Å². The van der Waals surface area contributed by atoms with E-state index in [2.05, 4.69) is 17.3 Å². The number of nitrogens with zero attached hydrogens (tertiary/aromatic N) is 1. The molecule has 0 heterocycles. The number of nitriles is 1. The zero-order valence-electron chi connectivity index (χ0n) is 9.14. The Balaban J connectivity index is 2.20. The van der Waals surface area contributed by atoms with Crippen LogP contribution in [0.1, 0.15) is 11.1 Å². The molecule has 2 rings (SSSR count). The largest absolute Gasteiger partial charge is 0.355 e. The topological polar surface area (TPSA) is 35.8 Å². The van der Waals surface area contributed by atoms with E-state index in [-0.39, 0.29) is 0 Å². The van der Waals surface area contributed by atoms with Crippen molar-refractivity contribution >= 4 is 11.4 Å². The van der Waals surface area contributed by atoms with Crippen molar-refractivity contribution in [1.82, 2.24) is 0 Å². The van der Waals surface area contributed by atoms with E-state index in [4.69, 9.17) is 11.7 Å². The molecule has 0 atom stereocenters. The summed E-state index contributed by atoms with van der Waals surface area (Å²) in [5, 5.41) is 11.9. The Morgan fingerprint density at radius 1 is 0.941 bits per heavy atom. The van der Waals surface area contributed by atoms with Crippen LogP contribution in [0, 0.1) is 23.7 Å². The fraction of sp³-hybridized carbons (Fsp3) is 0. The van der Waals surface area contributed by atoms with Gasteiger partial charge >= 0.3 is 0 Å². The molecule has 0 saturated heterocycles. The lowest BCUT2D eigenvalue weighted by atomic mass is 10.2. The van der Waals surface area contributed by atoms with Gasteiger partial charge in [-0.1, -0.05) is 12.0 Å². The minimum absolute atomic E-state index is 0.646. The summed E-state index contributed by atoms with van der Waals surface area (Å²) in [6, 6.07) is 17.0. The zero-order valence-corrected chi connectivity index (χ0v) is 9.14. The Morgan fingerprint density at radius 3 is 2.35 bits per heavy atom. The summed E-state index contributed by atoms with van der Waals surface area (Å²) in [6.45, 7) is 0. The van der Waals surface area contributed by atoms with Gasteiger partial charge in [-0.2, -0.15) is 5.26 Å². The molecular weight excluding hydrogens is 208 g/mol. The van der Waals surface area contributed by atoms with Crippen LogP contribution in [-0.4, -0.2) is 0 Å². The van der Waals surface area contributed by atoms with Gasteiger partial charge in [-0.3, -0.25) is 0 Å². The van der Waals surface area contributed by atoms with Crippen LogP contribution in [0.2, 0.25) is 0 Å². The van der Waals surface area contributed by atoms with Gasteiger partial charge in [0.2, 0.25) is 0 Å². The molecule has 2 aromatic rings. The fourth-order valence-electron chi connectivity index (χ4n) is 1.48. The molecule has 0 saturated carbocycles. The van der Waals surface area contributed by atoms with Crippen molar-refractivity contribution in [2.75, 3.05) is 5.32 Å². The summed E-state index contributed by atoms with van der Waals surface area (Å²) in [5.41, 5.74) is 3.35. The molecule has 0 unspecified atom stereocenters. The zero-order chi connectivity index (χ0) is 12.1. The smallest absolute Gasteiger partial charge is 0.0991 e. The van der Waals surface area contributed by atoms with Crippen molar-refractivity contribution < 1.29 is 0 Å². The molecule has 0 aliphatic rings. The van der Waals surface area contributed by atoms with E-state index >= 15 is 0 Å². The third kappa shape index (κ3) is 2.65. The fourth-order valence-corrected chi connectivity index (χ4v) is 1.48. The average Bonchev–Trinajstić information content (AvgIpc) is 2.40. The molecule has 1 N–H and O–H groups in total. The van der Waals surface area contributed by atoms with E-state index in [1.165, 1.54) is 0 Å². The highest BCUT2D eigenvalue weighted by molar-refractivity contribution is 5.62. The number of nitrogens with one attached hydrogen (secondary N) is 1. The van der Waals surface area contributed by atoms with Crippen molar-refractivity contribution in [3.8, 4) is 18.4 Å². The van der Waals surface area contributed by atoms with Gasteiger partial charge in [-0.15, -0.1) is 6.42 Å². The van der Waals surface area contributed by atoms with Crippen LogP contribution in [-0.2, 0) is 0 Å². The van der Waals surface area contributed by atoms with E-state index in [1.54, 1.807) is 12.1 Å². The third-order valence-corrected chi connectivity index (χ3v) is 2.33. The van der Waals surface area contributed by atoms with Crippen LogP contribution in [0.3, 0.4) is 0 Å². The highest BCUT2D eigenvalue weighted by Crippen LogP contribution is 2.17. The lowest BCUT2D eigenvalue weighted by molar-refractivity contribution is 1.47. The molecule has 0 bridgehead atoms. The lowest BCUT2D eigenvalue weighted by Gasteiger charge is -2.06. The molecule has 17 heavy (non-hydrogen) atoms. The van der Waals surface area contributed by atoms with E-state index in [0.717, 1.165) is 16.9 Å². The van der Waals surface area contributed by atoms with Gasteiger partial charge in [0, 0.05) is 16.9 Å². The summed E-state index contributed by atoms with van der Waals surface area (Å²) < 4.78 is 0. The minimum atomic E-state index is 0.646. The number of terminal acetylenes is 1. The molecule has 0 aliphatic heterocycles. The third-order valence-electron chi connectivity index (χ3n) is 2.33. The van der Waals surface area contributed by atoms with Crippen LogP contribution < -0.4 is 5.32 Å². The number of benzene rings is 2. The molecule has 80 valence electrons. The molecule has 0 aliphatic carbocycles. The molecule has 0 aromatic heterocycles. The van der Waals surface area contributed by atoms with Crippen molar-refractivity contribution in [3.05, 3.63) is 59.7 Å². The Morgan fingerprint density at radius 2 is 1.71 bits per heavy atom. The summed E-state index contributed by atoms with van der Waals surface area (Å²) in [5.74, 6) is 2.59. The number of rotatable bonds is 2. The molecule has 0 radical (unpaired) electrons. The molecule has 2 heteroatoms. The predicted molar refractivity (Wildman–Crippen MR) is 68.8 cm³/mol. The Labute approximate surface area is 101 Å². The Kier molecular flexibility index (Phi) is 3.10. The van der Waals surface area contributed by atoms with Gasteiger partial charge in [-0.25, -0.2) is 0 Å². The van der Waals surface area contributed by atoms with Gasteiger partial charge in [0.15, 0.2) is 0 Å². The predicted octanol–water partition coefficient (Wildman–Crippen LogP) is 3.28. The first-order valence-electron chi connectivity index (χ1n) is 5.16. The molecule has 2 aromatic carbocycles. The van der Waals surface area contributed by atoms with Crippen molar-refractivity contribution in [1.29, 1.82) is 5.26 Å². The van der Waals surface area contributed by atoms with Crippen LogP contribution in [0.25, 0.3) is 0 Å². The normalized spacial score (nSPS) is 9.06. The van der Waals surface area contributed by atoms with Gasteiger partial charge in [-0.05, 0) is 42.5 Å². The summed E-state index contributed by atoms with van der Waals surface area (Å²) in [7, 11) is 0. The van der Waals surface area contributed by atoms with Crippen molar-refractivity contribution in [2.45, 2.75) is 0 Å². The second kappa shape index (κ2) is 4.88. The van der Waals surface area contributed by atoms with E-state index in [9.17, 15) is 0 Å². The van der Waals surface area contributed by atoms with E-state index < -0.39 is 0 Å². The minimum Gasteiger partial charge on any atom is -0.355 e. The van der Waals surface area contributed by atoms with Gasteiger partial charge < -0.3 is 5.32 Å². The van der Waals surface area contributed by atoms with Gasteiger partial charge in [0.05, 0.1) is 11.6 Å². The first kappa shape index (κ1) is 10.8. The highest BCUT2D eigenvalue weighted by atomic mass is 14.9. The van der Waals surface area contributed by atoms with Crippen molar-refractivity contribution in [3.63, 3.8) is 0 Å². The standard InChI is InChI=1S/C15H10N2/c1-2-12-4-3-5-15(10-12)17-14-8-6-13(11-16)7-9-14/h1,3-10,17H. The maximum Gasteiger partial charge on any atom is 0.0991 e. The molecule has 0 fully saturated rings. The summed E-state index contributed by atoms with van der Waals surface area (Å²) in [6.07, 6.45) is 5.34. The summed E-state index contributed by atoms with van der Waals surface area (Å²) >= 11 is 0. The van der Waals surface area contributed by atoms with Gasteiger partial charge in [0.25, 0.3) is 0 Å². The number of hydrogen-bond acceptors (Lipinski definition) is 2. The van der Waals surface area contributed by atoms with Crippen LogP contribution in [0.5, 0.6) is 0 Å². The first-order chi connectivity index (χ1) is 8.31. The van der Waals surface area contributed by atoms with Crippen LogP contribution >= 0.6 is 0 Å². The lowest BCUT2D eigenvalue weighted by Crippen LogP contribution is -1.90. The molecule has 0 spiro atoms. The van der Waals surface area contributed by atoms with E-state index in [0.29, 0.717) is 5.56 Å². The maximum absolute atomic E-state index is 8.69. The summed E-state index contributed by atoms with van der Waals surface area (Å²) in [4.78, 5) is 0. The van der Waals surface area contributed by atoms with Crippen LogP contribution in [0.4, 0.5) is 11.4 Å². The van der Waals surface area contributed by atoms with Crippen molar-refractivity contribution in [2.24, 2.45) is 0 Å². The molecular formula is C15H10N2. The monoisotopic (exact) mass is 218 g/mol. The molecule has 2 nitrogen and oxygen atoms in total. The SMILES string of the molecule is C#Cc1cccc(Nc2ccc(C#N)cc2)c1. The quantitative estimate of drug-likeness (QED) is 0.785. The Bertz CT molecular complexity index is 598. The van der Waals surface area contributed by atoms with E-state index in [1.807, 2.05) is 36.4 Å². The highest BCUT2D eigenvalue weighted by Gasteiger charge is 1.96. The Hall–Kier alpha value is -2.71.